The molecule has 2 N–H and O–H groups in total. The van der Waals surface area contributed by atoms with Gasteiger partial charge in [0.05, 0.1) is 0 Å². The Morgan fingerprint density at radius 3 is 2.39 bits per heavy atom. The van der Waals surface area contributed by atoms with Gasteiger partial charge < -0.3 is 10.6 Å². The summed E-state index contributed by atoms with van der Waals surface area (Å²) in [6.45, 7) is 0. The van der Waals surface area contributed by atoms with E-state index in [0.717, 1.165) is 18.4 Å². The maximum Gasteiger partial charge on any atom is 0.274 e. The molecule has 1 aliphatic rings. The summed E-state index contributed by atoms with van der Waals surface area (Å²) in [5.41, 5.74) is 1.61. The summed E-state index contributed by atoms with van der Waals surface area (Å²) in [7, 11) is 0. The fourth-order valence-electron chi connectivity index (χ4n) is 3.36. The SMILES string of the molecule is O=C(Nc1ccc(F)cc1)c1cc(NC2CCCC2)nc(-c2ccccc2)n1. The van der Waals surface area contributed by atoms with Gasteiger partial charge in [0.1, 0.15) is 17.3 Å². The molecule has 5 nitrogen and oxygen atoms in total. The Bertz CT molecular complexity index is 954. The van der Waals surface area contributed by atoms with Crippen LogP contribution in [0.2, 0.25) is 0 Å². The van der Waals surface area contributed by atoms with E-state index in [-0.39, 0.29) is 17.4 Å². The Morgan fingerprint density at radius 1 is 0.964 bits per heavy atom. The summed E-state index contributed by atoms with van der Waals surface area (Å²) in [4.78, 5) is 21.8. The lowest BCUT2D eigenvalue weighted by atomic mass is 10.2. The molecule has 0 atom stereocenters. The average Bonchev–Trinajstić information content (AvgIpc) is 3.23. The van der Waals surface area contributed by atoms with Gasteiger partial charge in [-0.1, -0.05) is 43.2 Å². The number of nitrogens with one attached hydrogen (secondary N) is 2. The monoisotopic (exact) mass is 376 g/mol. The van der Waals surface area contributed by atoms with E-state index < -0.39 is 0 Å². The van der Waals surface area contributed by atoms with Crippen LogP contribution in [0.15, 0.2) is 60.7 Å². The molecule has 1 aliphatic carbocycles. The van der Waals surface area contributed by atoms with E-state index in [1.165, 1.54) is 37.1 Å². The minimum atomic E-state index is -0.360. The van der Waals surface area contributed by atoms with Crippen molar-refractivity contribution in [2.24, 2.45) is 0 Å². The average molecular weight is 376 g/mol. The molecule has 28 heavy (non-hydrogen) atoms. The summed E-state index contributed by atoms with van der Waals surface area (Å²) in [6.07, 6.45) is 4.60. The molecule has 1 amide bonds. The van der Waals surface area contributed by atoms with Crippen LogP contribution in [0.1, 0.15) is 36.2 Å². The lowest BCUT2D eigenvalue weighted by Crippen LogP contribution is -2.19. The Hall–Kier alpha value is -3.28. The molecule has 0 bridgehead atoms. The number of carbonyl (C=O) groups excluding carboxylic acids is 1. The van der Waals surface area contributed by atoms with Gasteiger partial charge in [-0.05, 0) is 37.1 Å². The Balaban J connectivity index is 1.64. The van der Waals surface area contributed by atoms with Crippen molar-refractivity contribution in [2.75, 3.05) is 10.6 Å². The summed E-state index contributed by atoms with van der Waals surface area (Å²) >= 11 is 0. The molecule has 6 heteroatoms. The molecule has 0 radical (unpaired) electrons. The third-order valence-electron chi connectivity index (χ3n) is 4.80. The fourth-order valence-corrected chi connectivity index (χ4v) is 3.36. The summed E-state index contributed by atoms with van der Waals surface area (Å²) in [5, 5.41) is 6.20. The van der Waals surface area contributed by atoms with Crippen molar-refractivity contribution >= 4 is 17.4 Å². The second kappa shape index (κ2) is 8.17. The molecule has 142 valence electrons. The Kier molecular flexibility index (Phi) is 5.28. The molecular formula is C22H21FN4O. The molecule has 0 spiro atoms. The van der Waals surface area contributed by atoms with Crippen molar-refractivity contribution in [3.63, 3.8) is 0 Å². The van der Waals surface area contributed by atoms with Crippen LogP contribution in [0.4, 0.5) is 15.9 Å². The molecule has 3 aromatic rings. The zero-order valence-corrected chi connectivity index (χ0v) is 15.4. The largest absolute Gasteiger partial charge is 0.367 e. The van der Waals surface area contributed by atoms with Gasteiger partial charge in [-0.15, -0.1) is 0 Å². The fraction of sp³-hybridized carbons (Fsp3) is 0.227. The summed E-state index contributed by atoms with van der Waals surface area (Å²) in [6, 6.07) is 17.3. The number of nitrogens with zero attached hydrogens (tertiary/aromatic N) is 2. The zero-order valence-electron chi connectivity index (χ0n) is 15.4. The van der Waals surface area contributed by atoms with Gasteiger partial charge in [-0.25, -0.2) is 14.4 Å². The standard InChI is InChI=1S/C22H21FN4O/c23-16-10-12-18(13-11-16)25-22(28)19-14-20(24-17-8-4-5-9-17)27-21(26-19)15-6-2-1-3-7-15/h1-3,6-7,10-14,17H,4-5,8-9H2,(H,25,28)(H,24,26,27). The predicted molar refractivity (Wildman–Crippen MR) is 108 cm³/mol. The predicted octanol–water partition coefficient (Wildman–Crippen LogP) is 4.89. The number of benzene rings is 2. The van der Waals surface area contributed by atoms with Crippen molar-refractivity contribution in [1.29, 1.82) is 0 Å². The third kappa shape index (κ3) is 4.34. The lowest BCUT2D eigenvalue weighted by Gasteiger charge is -2.15. The molecule has 4 rings (SSSR count). The highest BCUT2D eigenvalue weighted by Gasteiger charge is 2.18. The third-order valence-corrected chi connectivity index (χ3v) is 4.80. The van der Waals surface area contributed by atoms with E-state index in [2.05, 4.69) is 20.6 Å². The van der Waals surface area contributed by atoms with Crippen LogP contribution in [0, 0.1) is 5.82 Å². The van der Waals surface area contributed by atoms with Crippen LogP contribution in [0.25, 0.3) is 11.4 Å². The van der Waals surface area contributed by atoms with Gasteiger partial charge in [0.15, 0.2) is 5.82 Å². The first-order chi connectivity index (χ1) is 13.7. The van der Waals surface area contributed by atoms with Gasteiger partial charge in [0.25, 0.3) is 5.91 Å². The molecule has 1 fully saturated rings. The minimum absolute atomic E-state index is 0.263. The number of anilines is 2. The van der Waals surface area contributed by atoms with E-state index in [9.17, 15) is 9.18 Å². The molecule has 0 unspecified atom stereocenters. The van der Waals surface area contributed by atoms with Gasteiger partial charge in [0.2, 0.25) is 0 Å². The quantitative estimate of drug-likeness (QED) is 0.665. The molecule has 0 aliphatic heterocycles. The first-order valence-electron chi connectivity index (χ1n) is 9.45. The normalized spacial score (nSPS) is 14.0. The van der Waals surface area contributed by atoms with Crippen molar-refractivity contribution < 1.29 is 9.18 Å². The van der Waals surface area contributed by atoms with Crippen molar-refractivity contribution in [1.82, 2.24) is 9.97 Å². The van der Waals surface area contributed by atoms with Crippen molar-refractivity contribution in [3.05, 3.63) is 72.2 Å². The Labute approximate surface area is 163 Å². The number of carbonyl (C=O) groups is 1. The van der Waals surface area contributed by atoms with Gasteiger partial charge in [-0.2, -0.15) is 0 Å². The topological polar surface area (TPSA) is 66.9 Å². The first-order valence-corrected chi connectivity index (χ1v) is 9.45. The van der Waals surface area contributed by atoms with Crippen LogP contribution < -0.4 is 10.6 Å². The smallest absolute Gasteiger partial charge is 0.274 e. The highest BCUT2D eigenvalue weighted by atomic mass is 19.1. The summed E-state index contributed by atoms with van der Waals surface area (Å²) in [5.74, 6) is 0.424. The molecule has 1 aromatic heterocycles. The number of halogens is 1. The molecule has 0 saturated heterocycles. The van der Waals surface area contributed by atoms with E-state index in [4.69, 9.17) is 0 Å². The van der Waals surface area contributed by atoms with Crippen LogP contribution in [0.3, 0.4) is 0 Å². The van der Waals surface area contributed by atoms with E-state index in [1.54, 1.807) is 6.07 Å². The highest BCUT2D eigenvalue weighted by molar-refractivity contribution is 6.03. The second-order valence-corrected chi connectivity index (χ2v) is 6.91. The number of rotatable bonds is 5. The van der Waals surface area contributed by atoms with Gasteiger partial charge in [0, 0.05) is 23.4 Å². The van der Waals surface area contributed by atoms with E-state index in [0.29, 0.717) is 23.4 Å². The van der Waals surface area contributed by atoms with Gasteiger partial charge >= 0.3 is 0 Å². The summed E-state index contributed by atoms with van der Waals surface area (Å²) < 4.78 is 13.1. The molecular weight excluding hydrogens is 355 g/mol. The number of hydrogen-bond acceptors (Lipinski definition) is 4. The number of hydrogen-bond donors (Lipinski definition) is 2. The highest BCUT2D eigenvalue weighted by Crippen LogP contribution is 2.24. The van der Waals surface area contributed by atoms with E-state index in [1.807, 2.05) is 30.3 Å². The van der Waals surface area contributed by atoms with Crippen molar-refractivity contribution in [2.45, 2.75) is 31.7 Å². The maximum atomic E-state index is 13.1. The van der Waals surface area contributed by atoms with Crippen LogP contribution in [0.5, 0.6) is 0 Å². The second-order valence-electron chi connectivity index (χ2n) is 6.91. The zero-order chi connectivity index (χ0) is 19.3. The Morgan fingerprint density at radius 2 is 1.68 bits per heavy atom. The first kappa shape index (κ1) is 18.1. The van der Waals surface area contributed by atoms with Crippen LogP contribution in [-0.4, -0.2) is 21.9 Å². The van der Waals surface area contributed by atoms with E-state index >= 15 is 0 Å². The minimum Gasteiger partial charge on any atom is -0.367 e. The molecule has 1 heterocycles. The maximum absolute atomic E-state index is 13.1. The number of aromatic nitrogens is 2. The van der Waals surface area contributed by atoms with Crippen LogP contribution >= 0.6 is 0 Å². The molecule has 1 saturated carbocycles. The van der Waals surface area contributed by atoms with Gasteiger partial charge in [-0.3, -0.25) is 4.79 Å². The van der Waals surface area contributed by atoms with Crippen molar-refractivity contribution in [3.8, 4) is 11.4 Å². The lowest BCUT2D eigenvalue weighted by molar-refractivity contribution is 0.102. The number of amides is 1. The molecule has 2 aromatic carbocycles. The van der Waals surface area contributed by atoms with Crippen LogP contribution in [-0.2, 0) is 0 Å².